The van der Waals surface area contributed by atoms with Gasteiger partial charge >= 0.3 is 6.18 Å². The minimum absolute atomic E-state index is 0.0819. The summed E-state index contributed by atoms with van der Waals surface area (Å²) in [6.45, 7) is 1.92. The predicted molar refractivity (Wildman–Crippen MR) is 112 cm³/mol. The Hall–Kier alpha value is -2.98. The van der Waals surface area contributed by atoms with E-state index < -0.39 is 29.3 Å². The number of pyridine rings is 1. The van der Waals surface area contributed by atoms with E-state index in [2.05, 4.69) is 15.3 Å². The highest BCUT2D eigenvalue weighted by Gasteiger charge is 2.46. The second-order valence-electron chi connectivity index (χ2n) is 8.78. The quantitative estimate of drug-likeness (QED) is 0.624. The lowest BCUT2D eigenvalue weighted by Gasteiger charge is -2.41. The van der Waals surface area contributed by atoms with Gasteiger partial charge in [-0.15, -0.1) is 0 Å². The zero-order valence-electron chi connectivity index (χ0n) is 17.9. The molecule has 1 saturated heterocycles. The van der Waals surface area contributed by atoms with Crippen molar-refractivity contribution in [2.45, 2.75) is 49.9 Å². The summed E-state index contributed by atoms with van der Waals surface area (Å²) in [4.78, 5) is 21.9. The number of carbonyl (C=O) groups excluding carboxylic acids is 1. The highest BCUT2D eigenvalue weighted by Crippen LogP contribution is 2.40. The van der Waals surface area contributed by atoms with Gasteiger partial charge in [-0.05, 0) is 48.9 Å². The molecule has 1 aliphatic carbocycles. The normalized spacial score (nSPS) is 23.6. The molecule has 1 aliphatic heterocycles. The molecule has 174 valence electrons. The second kappa shape index (κ2) is 7.81. The lowest BCUT2D eigenvalue weighted by molar-refractivity contribution is -0.137. The maximum absolute atomic E-state index is 13.5. The second-order valence-corrected chi connectivity index (χ2v) is 8.78. The van der Waals surface area contributed by atoms with Crippen LogP contribution < -0.4 is 5.32 Å². The third kappa shape index (κ3) is 3.87. The number of alkyl halides is 3. The van der Waals surface area contributed by atoms with Gasteiger partial charge in [0.05, 0.1) is 23.4 Å². The van der Waals surface area contributed by atoms with Crippen molar-refractivity contribution >= 4 is 11.6 Å². The summed E-state index contributed by atoms with van der Waals surface area (Å²) < 4.78 is 46.2. The fraction of sp³-hybridized carbons (Fsp3) is 0.435. The van der Waals surface area contributed by atoms with Gasteiger partial charge < -0.3 is 19.6 Å². The fourth-order valence-corrected chi connectivity index (χ4v) is 4.44. The first-order valence-electron chi connectivity index (χ1n) is 10.8. The van der Waals surface area contributed by atoms with Gasteiger partial charge in [0.15, 0.2) is 0 Å². The molecule has 0 spiro atoms. The molecule has 1 saturated carbocycles. The summed E-state index contributed by atoms with van der Waals surface area (Å²) in [6.07, 6.45) is 2.97. The maximum atomic E-state index is 13.5. The monoisotopic (exact) mass is 460 g/mol. The summed E-state index contributed by atoms with van der Waals surface area (Å²) in [5.41, 5.74) is 0.492. The van der Waals surface area contributed by atoms with E-state index in [0.29, 0.717) is 28.9 Å². The molecule has 2 aliphatic rings. The van der Waals surface area contributed by atoms with Crippen molar-refractivity contribution in [1.82, 2.24) is 19.7 Å². The van der Waals surface area contributed by atoms with E-state index in [0.717, 1.165) is 24.5 Å². The Bertz CT molecular complexity index is 1200. The fourth-order valence-electron chi connectivity index (χ4n) is 4.44. The third-order valence-corrected chi connectivity index (χ3v) is 6.46. The van der Waals surface area contributed by atoms with E-state index >= 15 is 0 Å². The minimum atomic E-state index is -4.54. The summed E-state index contributed by atoms with van der Waals surface area (Å²) in [5, 5.41) is 13.7. The number of halogens is 3. The Labute approximate surface area is 187 Å². The van der Waals surface area contributed by atoms with Gasteiger partial charge in [-0.25, -0.2) is 4.98 Å². The van der Waals surface area contributed by atoms with Gasteiger partial charge in [0, 0.05) is 37.8 Å². The average molecular weight is 460 g/mol. The topological polar surface area (TPSA) is 88.8 Å². The summed E-state index contributed by atoms with van der Waals surface area (Å²) in [6, 6.07) is 2.10. The average Bonchev–Trinajstić information content (AvgIpc) is 3.56. The SMILES string of the molecule is Cc1cn2cc(C3CC3)cnc2c1C(=O)N[C@@]1(c2ccc(C(F)(F)F)cn2)CCOC[C@@H]1O. The smallest absolute Gasteiger partial charge is 0.388 e. The number of hydrogen-bond acceptors (Lipinski definition) is 5. The maximum Gasteiger partial charge on any atom is 0.417 e. The summed E-state index contributed by atoms with van der Waals surface area (Å²) >= 11 is 0. The molecule has 33 heavy (non-hydrogen) atoms. The highest BCUT2D eigenvalue weighted by molar-refractivity contribution is 6.02. The lowest BCUT2D eigenvalue weighted by atomic mass is 9.83. The van der Waals surface area contributed by atoms with Gasteiger partial charge in [0.25, 0.3) is 5.91 Å². The number of ether oxygens (including phenoxy) is 1. The number of aliphatic hydroxyl groups is 1. The molecular weight excluding hydrogens is 437 g/mol. The van der Waals surface area contributed by atoms with Crippen LogP contribution >= 0.6 is 0 Å². The van der Waals surface area contributed by atoms with Crippen LogP contribution in [0.25, 0.3) is 5.65 Å². The highest BCUT2D eigenvalue weighted by atomic mass is 19.4. The molecule has 7 nitrogen and oxygen atoms in total. The van der Waals surface area contributed by atoms with Gasteiger partial charge in [-0.1, -0.05) is 0 Å². The Morgan fingerprint density at radius 2 is 2.03 bits per heavy atom. The predicted octanol–water partition coefficient (Wildman–Crippen LogP) is 3.34. The van der Waals surface area contributed by atoms with E-state index in [-0.39, 0.29) is 25.3 Å². The van der Waals surface area contributed by atoms with Gasteiger partial charge in [0.1, 0.15) is 17.3 Å². The molecule has 0 radical (unpaired) electrons. The number of rotatable bonds is 4. The third-order valence-electron chi connectivity index (χ3n) is 6.46. The van der Waals surface area contributed by atoms with E-state index in [1.807, 2.05) is 16.8 Å². The molecule has 5 rings (SSSR count). The number of hydrogen-bond donors (Lipinski definition) is 2. The largest absolute Gasteiger partial charge is 0.417 e. The van der Waals surface area contributed by atoms with Crippen LogP contribution in [0.1, 0.15) is 57.9 Å². The minimum Gasteiger partial charge on any atom is -0.388 e. The zero-order valence-corrected chi connectivity index (χ0v) is 17.9. The number of carbonyl (C=O) groups is 1. The molecule has 2 N–H and O–H groups in total. The molecule has 10 heteroatoms. The van der Waals surface area contributed by atoms with Crippen molar-refractivity contribution in [3.05, 3.63) is 64.9 Å². The molecule has 3 aromatic heterocycles. The molecule has 4 heterocycles. The number of aliphatic hydroxyl groups excluding tert-OH is 1. The van der Waals surface area contributed by atoms with Crippen LogP contribution in [-0.4, -0.2) is 44.7 Å². The number of amides is 1. The van der Waals surface area contributed by atoms with Gasteiger partial charge in [-0.2, -0.15) is 13.2 Å². The van der Waals surface area contributed by atoms with Crippen molar-refractivity contribution in [2.75, 3.05) is 13.2 Å². The molecule has 2 atom stereocenters. The first kappa shape index (κ1) is 21.8. The van der Waals surface area contributed by atoms with Crippen molar-refractivity contribution < 1.29 is 27.8 Å². The number of nitrogens with one attached hydrogen (secondary N) is 1. The molecule has 3 aromatic rings. The van der Waals surface area contributed by atoms with Crippen LogP contribution in [0, 0.1) is 6.92 Å². The molecule has 1 amide bonds. The van der Waals surface area contributed by atoms with E-state index in [1.54, 1.807) is 13.1 Å². The van der Waals surface area contributed by atoms with Crippen molar-refractivity contribution in [3.8, 4) is 0 Å². The zero-order chi connectivity index (χ0) is 23.4. The van der Waals surface area contributed by atoms with Crippen LogP contribution in [0.5, 0.6) is 0 Å². The number of nitrogens with zero attached hydrogens (tertiary/aromatic N) is 3. The van der Waals surface area contributed by atoms with Gasteiger partial charge in [-0.3, -0.25) is 9.78 Å². The van der Waals surface area contributed by atoms with Crippen molar-refractivity contribution in [1.29, 1.82) is 0 Å². The Balaban J connectivity index is 1.51. The van der Waals surface area contributed by atoms with Crippen LogP contribution in [0.4, 0.5) is 13.2 Å². The van der Waals surface area contributed by atoms with Crippen LogP contribution in [0.3, 0.4) is 0 Å². The van der Waals surface area contributed by atoms with Gasteiger partial charge in [0.2, 0.25) is 0 Å². The Morgan fingerprint density at radius 3 is 2.67 bits per heavy atom. The summed E-state index contributed by atoms with van der Waals surface area (Å²) in [7, 11) is 0. The van der Waals surface area contributed by atoms with Crippen LogP contribution in [0.2, 0.25) is 0 Å². The number of fused-ring (bicyclic) bond motifs is 1. The molecule has 0 unspecified atom stereocenters. The first-order chi connectivity index (χ1) is 15.7. The molecule has 2 fully saturated rings. The molecule has 0 bridgehead atoms. The first-order valence-corrected chi connectivity index (χ1v) is 10.8. The van der Waals surface area contributed by atoms with Crippen molar-refractivity contribution in [2.24, 2.45) is 0 Å². The van der Waals surface area contributed by atoms with E-state index in [4.69, 9.17) is 4.74 Å². The van der Waals surface area contributed by atoms with E-state index in [1.165, 1.54) is 6.07 Å². The molecular formula is C23H23F3N4O3. The number of aryl methyl sites for hydroxylation is 1. The standard InChI is InChI=1S/C23H23F3N4O3/c1-13-10-30-11-15(14-2-3-14)8-28-20(30)19(13)21(32)29-22(6-7-33-12-18(22)31)17-5-4-16(9-27-17)23(24,25)26/h4-5,8-11,14,18,31H,2-3,6-7,12H2,1H3,(H,29,32)/t18-,22+/m0/s1. The van der Waals surface area contributed by atoms with Crippen LogP contribution in [-0.2, 0) is 16.5 Å². The Morgan fingerprint density at radius 1 is 1.24 bits per heavy atom. The Kier molecular flexibility index (Phi) is 5.17. The molecule has 0 aromatic carbocycles. The lowest BCUT2D eigenvalue weighted by Crippen LogP contribution is -2.58. The van der Waals surface area contributed by atoms with E-state index in [9.17, 15) is 23.1 Å². The summed E-state index contributed by atoms with van der Waals surface area (Å²) in [5.74, 6) is 0.0256. The van der Waals surface area contributed by atoms with Crippen molar-refractivity contribution in [3.63, 3.8) is 0 Å². The van der Waals surface area contributed by atoms with Crippen LogP contribution in [0.15, 0.2) is 36.9 Å². The number of aromatic nitrogens is 3.